The van der Waals surface area contributed by atoms with E-state index in [2.05, 4.69) is 38.1 Å². The predicted molar refractivity (Wildman–Crippen MR) is 96.3 cm³/mol. The minimum absolute atomic E-state index is 0.00610. The molecular weight excluding hydrogens is 318 g/mol. The normalized spacial score (nSPS) is 24.1. The average molecular weight is 347 g/mol. The van der Waals surface area contributed by atoms with Crippen molar-refractivity contribution in [2.24, 2.45) is 0 Å². The maximum Gasteiger partial charge on any atom is 0.411 e. The fraction of sp³-hybridized carbons (Fsp3) is 0.684. The van der Waals surface area contributed by atoms with E-state index in [4.69, 9.17) is 9.47 Å². The monoisotopic (exact) mass is 347 g/mol. The number of carbonyl (C=O) groups excluding carboxylic acids is 1. The van der Waals surface area contributed by atoms with Crippen molar-refractivity contribution in [2.75, 3.05) is 13.2 Å². The second-order valence-electron chi connectivity index (χ2n) is 8.89. The molecule has 0 saturated carbocycles. The van der Waals surface area contributed by atoms with Crippen LogP contribution in [0.2, 0.25) is 0 Å². The zero-order chi connectivity index (χ0) is 18.4. The summed E-state index contributed by atoms with van der Waals surface area (Å²) in [5.74, 6) is 0. The number of fused-ring (bicyclic) bond motifs is 2. The van der Waals surface area contributed by atoms with E-state index < -0.39 is 5.60 Å². The summed E-state index contributed by atoms with van der Waals surface area (Å²) in [4.78, 5) is 14.4. The van der Waals surface area contributed by atoms with Crippen LogP contribution in [0.15, 0.2) is 18.5 Å². The summed E-state index contributed by atoms with van der Waals surface area (Å²) in [5.41, 5.74) is 1.81. The predicted octanol–water partition coefficient (Wildman–Crippen LogP) is 3.43. The van der Waals surface area contributed by atoms with Crippen molar-refractivity contribution in [3.8, 4) is 0 Å². The van der Waals surface area contributed by atoms with Gasteiger partial charge < -0.3 is 9.47 Å². The van der Waals surface area contributed by atoms with E-state index in [-0.39, 0.29) is 23.7 Å². The molecule has 2 atom stereocenters. The van der Waals surface area contributed by atoms with E-state index in [1.807, 2.05) is 36.5 Å². The van der Waals surface area contributed by atoms with Gasteiger partial charge in [-0.2, -0.15) is 5.10 Å². The van der Waals surface area contributed by atoms with Crippen LogP contribution in [-0.2, 0) is 15.0 Å². The number of amides is 1. The lowest BCUT2D eigenvalue weighted by atomic mass is 9.91. The summed E-state index contributed by atoms with van der Waals surface area (Å²) in [6, 6.07) is -0.0816. The minimum Gasteiger partial charge on any atom is -0.444 e. The molecule has 2 aliphatic rings. The summed E-state index contributed by atoms with van der Waals surface area (Å²) < 4.78 is 13.2. The van der Waals surface area contributed by atoms with Crippen LogP contribution >= 0.6 is 0 Å². The van der Waals surface area contributed by atoms with E-state index in [1.54, 1.807) is 0 Å². The van der Waals surface area contributed by atoms with Crippen LogP contribution in [0.4, 0.5) is 4.79 Å². The molecule has 2 unspecified atom stereocenters. The van der Waals surface area contributed by atoms with E-state index in [0.29, 0.717) is 13.2 Å². The molecule has 3 rings (SSSR count). The Morgan fingerprint density at radius 1 is 1.24 bits per heavy atom. The van der Waals surface area contributed by atoms with Gasteiger partial charge in [-0.05, 0) is 53.5 Å². The molecule has 1 amide bonds. The van der Waals surface area contributed by atoms with Crippen LogP contribution in [-0.4, -0.2) is 51.7 Å². The number of morpholine rings is 1. The van der Waals surface area contributed by atoms with Crippen LogP contribution in [0.25, 0.3) is 5.57 Å². The number of ether oxygens (including phenoxy) is 2. The first-order valence-corrected chi connectivity index (χ1v) is 8.90. The molecule has 25 heavy (non-hydrogen) atoms. The highest BCUT2D eigenvalue weighted by Crippen LogP contribution is 2.33. The molecule has 1 fully saturated rings. The van der Waals surface area contributed by atoms with Crippen molar-refractivity contribution in [2.45, 2.75) is 71.2 Å². The molecule has 0 aliphatic carbocycles. The standard InChI is InChI=1S/C19H29N3O3/c1-18(2,3)21-10-14(9-20-21)13-7-15-11-24-12-16(8-13)22(15)17(23)25-19(4,5)6/h7,9-10,15-16H,8,11-12H2,1-6H3. The lowest BCUT2D eigenvalue weighted by Gasteiger charge is -2.44. The smallest absolute Gasteiger partial charge is 0.411 e. The number of hydrogen-bond acceptors (Lipinski definition) is 4. The van der Waals surface area contributed by atoms with Crippen molar-refractivity contribution in [1.82, 2.24) is 14.7 Å². The molecule has 2 aliphatic heterocycles. The molecule has 1 saturated heterocycles. The molecule has 138 valence electrons. The topological polar surface area (TPSA) is 56.6 Å². The van der Waals surface area contributed by atoms with Gasteiger partial charge >= 0.3 is 6.09 Å². The van der Waals surface area contributed by atoms with Gasteiger partial charge in [-0.25, -0.2) is 4.79 Å². The fourth-order valence-corrected chi connectivity index (χ4v) is 3.26. The maximum atomic E-state index is 12.6. The van der Waals surface area contributed by atoms with Gasteiger partial charge in [0.25, 0.3) is 0 Å². The highest BCUT2D eigenvalue weighted by atomic mass is 16.6. The number of rotatable bonds is 1. The van der Waals surface area contributed by atoms with Gasteiger partial charge in [-0.1, -0.05) is 6.08 Å². The lowest BCUT2D eigenvalue weighted by Crippen LogP contribution is -2.57. The van der Waals surface area contributed by atoms with Gasteiger partial charge in [-0.15, -0.1) is 0 Å². The molecule has 6 nitrogen and oxygen atoms in total. The first-order chi connectivity index (χ1) is 11.5. The summed E-state index contributed by atoms with van der Waals surface area (Å²) in [7, 11) is 0. The fourth-order valence-electron chi connectivity index (χ4n) is 3.26. The summed E-state index contributed by atoms with van der Waals surface area (Å²) in [6.07, 6.45) is 6.63. The van der Waals surface area contributed by atoms with E-state index >= 15 is 0 Å². The number of nitrogens with zero attached hydrogens (tertiary/aromatic N) is 3. The van der Waals surface area contributed by atoms with Crippen molar-refractivity contribution < 1.29 is 14.3 Å². The summed E-state index contributed by atoms with van der Waals surface area (Å²) >= 11 is 0. The Labute approximate surface area is 149 Å². The number of hydrogen-bond donors (Lipinski definition) is 0. The zero-order valence-electron chi connectivity index (χ0n) is 16.1. The van der Waals surface area contributed by atoms with Gasteiger partial charge in [0, 0.05) is 11.8 Å². The van der Waals surface area contributed by atoms with Crippen LogP contribution in [0.5, 0.6) is 0 Å². The second-order valence-corrected chi connectivity index (χ2v) is 8.89. The van der Waals surface area contributed by atoms with Gasteiger partial charge in [0.2, 0.25) is 0 Å². The van der Waals surface area contributed by atoms with Crippen molar-refractivity contribution in [1.29, 1.82) is 0 Å². The molecule has 1 aromatic heterocycles. The van der Waals surface area contributed by atoms with E-state index in [0.717, 1.165) is 12.0 Å². The molecular formula is C19H29N3O3. The zero-order valence-corrected chi connectivity index (χ0v) is 16.1. The van der Waals surface area contributed by atoms with Crippen molar-refractivity contribution in [3.05, 3.63) is 24.0 Å². The maximum absolute atomic E-state index is 12.6. The largest absolute Gasteiger partial charge is 0.444 e. The number of carbonyl (C=O) groups is 1. The Balaban J connectivity index is 1.84. The van der Waals surface area contributed by atoms with Gasteiger partial charge in [0.05, 0.1) is 37.0 Å². The van der Waals surface area contributed by atoms with Crippen LogP contribution in [0.3, 0.4) is 0 Å². The Hall–Kier alpha value is -1.82. The molecule has 0 radical (unpaired) electrons. The first-order valence-electron chi connectivity index (χ1n) is 8.90. The van der Waals surface area contributed by atoms with Crippen LogP contribution < -0.4 is 0 Å². The highest BCUT2D eigenvalue weighted by Gasteiger charge is 2.40. The van der Waals surface area contributed by atoms with Gasteiger partial charge in [0.15, 0.2) is 0 Å². The average Bonchev–Trinajstić information content (AvgIpc) is 2.93. The first kappa shape index (κ1) is 18.0. The third kappa shape index (κ3) is 3.89. The molecule has 1 aromatic rings. The molecule has 0 spiro atoms. The van der Waals surface area contributed by atoms with Crippen LogP contribution in [0.1, 0.15) is 53.5 Å². The Morgan fingerprint density at radius 2 is 1.96 bits per heavy atom. The Bertz CT molecular complexity index is 679. The minimum atomic E-state index is -0.496. The van der Waals surface area contributed by atoms with Crippen molar-refractivity contribution in [3.63, 3.8) is 0 Å². The Morgan fingerprint density at radius 3 is 2.52 bits per heavy atom. The molecule has 2 bridgehead atoms. The summed E-state index contributed by atoms with van der Waals surface area (Å²) in [6.45, 7) is 13.1. The van der Waals surface area contributed by atoms with Crippen molar-refractivity contribution >= 4 is 11.7 Å². The third-order valence-corrected chi connectivity index (χ3v) is 4.44. The van der Waals surface area contributed by atoms with E-state index in [9.17, 15) is 4.79 Å². The Kier molecular flexibility index (Phi) is 4.43. The molecule has 3 heterocycles. The van der Waals surface area contributed by atoms with Gasteiger partial charge in [-0.3, -0.25) is 9.58 Å². The quantitative estimate of drug-likeness (QED) is 0.781. The SMILES string of the molecule is CC(C)(C)OC(=O)N1C2C=C(c3cnn(C(C)(C)C)c3)CC1COC2. The lowest BCUT2D eigenvalue weighted by molar-refractivity contribution is -0.0510. The van der Waals surface area contributed by atoms with Crippen LogP contribution in [0, 0.1) is 0 Å². The number of aromatic nitrogens is 2. The van der Waals surface area contributed by atoms with E-state index in [1.165, 1.54) is 5.57 Å². The third-order valence-electron chi connectivity index (χ3n) is 4.44. The van der Waals surface area contributed by atoms with Gasteiger partial charge in [0.1, 0.15) is 5.60 Å². The molecule has 0 N–H and O–H groups in total. The second kappa shape index (κ2) is 6.16. The molecule has 6 heteroatoms. The summed E-state index contributed by atoms with van der Waals surface area (Å²) in [5, 5.41) is 4.50. The highest BCUT2D eigenvalue weighted by molar-refractivity contribution is 5.74. The molecule has 0 aromatic carbocycles.